The summed E-state index contributed by atoms with van der Waals surface area (Å²) < 4.78 is 11.0. The Bertz CT molecular complexity index is 625. The minimum atomic E-state index is -0.237. The molecule has 2 rings (SSSR count). The highest BCUT2D eigenvalue weighted by Crippen LogP contribution is 2.27. The number of carbonyl (C=O) groups is 1. The Labute approximate surface area is 156 Å². The van der Waals surface area contributed by atoms with Gasteiger partial charge < -0.3 is 20.1 Å². The molecule has 144 valence electrons. The second kappa shape index (κ2) is 10.0. The fourth-order valence-corrected chi connectivity index (χ4v) is 3.04. The lowest BCUT2D eigenvalue weighted by atomic mass is 10.1. The van der Waals surface area contributed by atoms with Crippen molar-refractivity contribution in [3.63, 3.8) is 0 Å². The number of ether oxygens (including phenoxy) is 2. The molecule has 1 unspecified atom stereocenters. The normalized spacial score (nSPS) is 16.2. The molecule has 0 heterocycles. The molecule has 1 aliphatic rings. The summed E-state index contributed by atoms with van der Waals surface area (Å²) in [6.45, 7) is 4.97. The van der Waals surface area contributed by atoms with Crippen molar-refractivity contribution >= 4 is 11.9 Å². The van der Waals surface area contributed by atoms with Crippen LogP contribution in [0.15, 0.2) is 23.2 Å². The molecule has 0 radical (unpaired) electrons. The number of carbonyl (C=O) groups excluding carboxylic acids is 1. The topological polar surface area (TPSA) is 72.0 Å². The zero-order chi connectivity index (χ0) is 18.9. The van der Waals surface area contributed by atoms with Crippen molar-refractivity contribution in [2.24, 2.45) is 10.9 Å². The number of rotatable bonds is 7. The molecular weight excluding hydrogens is 330 g/mol. The Balaban J connectivity index is 1.93. The first kappa shape index (κ1) is 20.1. The summed E-state index contributed by atoms with van der Waals surface area (Å²) in [5.41, 5.74) is 2.29. The van der Waals surface area contributed by atoms with Gasteiger partial charge in [-0.2, -0.15) is 0 Å². The largest absolute Gasteiger partial charge is 0.490 e. The standard InChI is InChI=1S/C20H31N3O3/c1-14-9-10-16(18(11-14)26-17-7-5-6-8-17)13-23-20(21-3)22-12-15(2)19(24)25-4/h9-11,15,17H,5-8,12-13H2,1-4H3,(H2,21,22,23). The summed E-state index contributed by atoms with van der Waals surface area (Å²) in [5, 5.41) is 6.45. The predicted octanol–water partition coefficient (Wildman–Crippen LogP) is 2.79. The zero-order valence-corrected chi connectivity index (χ0v) is 16.3. The van der Waals surface area contributed by atoms with Crippen LogP contribution in [0.1, 0.15) is 43.7 Å². The number of guanidine groups is 1. The molecule has 26 heavy (non-hydrogen) atoms. The second-order valence-electron chi connectivity index (χ2n) is 6.87. The number of nitrogens with zero attached hydrogens (tertiary/aromatic N) is 1. The van der Waals surface area contributed by atoms with Crippen molar-refractivity contribution in [3.8, 4) is 5.75 Å². The Morgan fingerprint density at radius 2 is 2.04 bits per heavy atom. The van der Waals surface area contributed by atoms with Crippen LogP contribution in [0.5, 0.6) is 5.75 Å². The third kappa shape index (κ3) is 5.93. The van der Waals surface area contributed by atoms with Gasteiger partial charge in [0.25, 0.3) is 0 Å². The van der Waals surface area contributed by atoms with Crippen LogP contribution in [-0.4, -0.2) is 38.7 Å². The molecule has 1 aromatic carbocycles. The molecule has 2 N–H and O–H groups in total. The summed E-state index contributed by atoms with van der Waals surface area (Å²) in [6.07, 6.45) is 5.09. The fourth-order valence-electron chi connectivity index (χ4n) is 3.04. The van der Waals surface area contributed by atoms with Gasteiger partial charge in [0.2, 0.25) is 0 Å². The van der Waals surface area contributed by atoms with E-state index in [1.54, 1.807) is 7.05 Å². The van der Waals surface area contributed by atoms with Gasteiger partial charge in [-0.05, 0) is 44.2 Å². The Kier molecular flexibility index (Phi) is 7.75. The maximum atomic E-state index is 11.5. The van der Waals surface area contributed by atoms with E-state index in [1.807, 2.05) is 6.92 Å². The van der Waals surface area contributed by atoms with Crippen LogP contribution in [0.4, 0.5) is 0 Å². The molecule has 0 spiro atoms. The summed E-state index contributed by atoms with van der Waals surface area (Å²) in [6, 6.07) is 6.29. The molecule has 6 nitrogen and oxygen atoms in total. The Morgan fingerprint density at radius 1 is 1.31 bits per heavy atom. The summed E-state index contributed by atoms with van der Waals surface area (Å²) in [4.78, 5) is 15.7. The van der Waals surface area contributed by atoms with Crippen LogP contribution in [0.25, 0.3) is 0 Å². The monoisotopic (exact) mass is 361 g/mol. The molecular formula is C20H31N3O3. The minimum absolute atomic E-state index is 0.237. The van der Waals surface area contributed by atoms with Crippen LogP contribution in [0.2, 0.25) is 0 Å². The van der Waals surface area contributed by atoms with E-state index in [4.69, 9.17) is 9.47 Å². The van der Waals surface area contributed by atoms with Gasteiger partial charge in [-0.15, -0.1) is 0 Å². The molecule has 1 fully saturated rings. The number of hydrogen-bond donors (Lipinski definition) is 2. The third-order valence-electron chi connectivity index (χ3n) is 4.67. The number of benzene rings is 1. The Hall–Kier alpha value is -2.24. The van der Waals surface area contributed by atoms with E-state index in [-0.39, 0.29) is 11.9 Å². The van der Waals surface area contributed by atoms with Gasteiger partial charge in [-0.1, -0.05) is 19.1 Å². The molecule has 0 saturated heterocycles. The van der Waals surface area contributed by atoms with Crippen molar-refractivity contribution in [1.29, 1.82) is 0 Å². The van der Waals surface area contributed by atoms with Crippen LogP contribution >= 0.6 is 0 Å². The molecule has 0 amide bonds. The molecule has 1 aromatic rings. The summed E-state index contributed by atoms with van der Waals surface area (Å²) in [7, 11) is 3.11. The first-order valence-corrected chi connectivity index (χ1v) is 9.32. The van der Waals surface area contributed by atoms with E-state index in [9.17, 15) is 4.79 Å². The quantitative estimate of drug-likeness (QED) is 0.444. The highest BCUT2D eigenvalue weighted by atomic mass is 16.5. The number of nitrogens with one attached hydrogen (secondary N) is 2. The third-order valence-corrected chi connectivity index (χ3v) is 4.67. The van der Waals surface area contributed by atoms with Gasteiger partial charge in [0.15, 0.2) is 5.96 Å². The van der Waals surface area contributed by atoms with Crippen molar-refractivity contribution in [3.05, 3.63) is 29.3 Å². The predicted molar refractivity (Wildman–Crippen MR) is 103 cm³/mol. The van der Waals surface area contributed by atoms with E-state index in [2.05, 4.69) is 40.7 Å². The van der Waals surface area contributed by atoms with E-state index < -0.39 is 0 Å². The van der Waals surface area contributed by atoms with E-state index in [0.717, 1.165) is 24.2 Å². The fraction of sp³-hybridized carbons (Fsp3) is 0.600. The van der Waals surface area contributed by atoms with E-state index in [1.165, 1.54) is 25.5 Å². The summed E-state index contributed by atoms with van der Waals surface area (Å²) >= 11 is 0. The van der Waals surface area contributed by atoms with Crippen LogP contribution < -0.4 is 15.4 Å². The molecule has 6 heteroatoms. The van der Waals surface area contributed by atoms with Gasteiger partial charge in [-0.25, -0.2) is 0 Å². The van der Waals surface area contributed by atoms with E-state index >= 15 is 0 Å². The Morgan fingerprint density at radius 3 is 2.69 bits per heavy atom. The number of aryl methyl sites for hydroxylation is 1. The molecule has 1 atom stereocenters. The van der Waals surface area contributed by atoms with Crippen LogP contribution in [0, 0.1) is 12.8 Å². The second-order valence-corrected chi connectivity index (χ2v) is 6.87. The van der Waals surface area contributed by atoms with Crippen molar-refractivity contribution < 1.29 is 14.3 Å². The number of methoxy groups -OCH3 is 1. The molecule has 1 saturated carbocycles. The first-order chi connectivity index (χ1) is 12.5. The number of esters is 1. The lowest BCUT2D eigenvalue weighted by Crippen LogP contribution is -2.40. The van der Waals surface area contributed by atoms with E-state index in [0.29, 0.717) is 25.2 Å². The van der Waals surface area contributed by atoms with Gasteiger partial charge in [0.05, 0.1) is 19.1 Å². The van der Waals surface area contributed by atoms with Crippen molar-refractivity contribution in [2.75, 3.05) is 20.7 Å². The molecule has 1 aliphatic carbocycles. The SMILES string of the molecule is CN=C(NCc1ccc(C)cc1OC1CCCC1)NCC(C)C(=O)OC. The number of hydrogen-bond acceptors (Lipinski definition) is 4. The van der Waals surface area contributed by atoms with Crippen molar-refractivity contribution in [2.45, 2.75) is 52.2 Å². The summed E-state index contributed by atoms with van der Waals surface area (Å²) in [5.74, 6) is 1.12. The average molecular weight is 361 g/mol. The minimum Gasteiger partial charge on any atom is -0.490 e. The lowest BCUT2D eigenvalue weighted by molar-refractivity contribution is -0.144. The zero-order valence-electron chi connectivity index (χ0n) is 16.3. The highest BCUT2D eigenvalue weighted by Gasteiger charge is 2.18. The first-order valence-electron chi connectivity index (χ1n) is 9.32. The molecule has 0 aromatic heterocycles. The molecule has 0 aliphatic heterocycles. The smallest absolute Gasteiger partial charge is 0.310 e. The maximum absolute atomic E-state index is 11.5. The lowest BCUT2D eigenvalue weighted by Gasteiger charge is -2.19. The number of aliphatic imine (C=N–C) groups is 1. The van der Waals surface area contributed by atoms with Crippen LogP contribution in [-0.2, 0) is 16.1 Å². The average Bonchev–Trinajstić information content (AvgIpc) is 3.15. The molecule has 0 bridgehead atoms. The van der Waals surface area contributed by atoms with Crippen molar-refractivity contribution in [1.82, 2.24) is 10.6 Å². The van der Waals surface area contributed by atoms with Gasteiger partial charge in [-0.3, -0.25) is 9.79 Å². The maximum Gasteiger partial charge on any atom is 0.310 e. The van der Waals surface area contributed by atoms with Gasteiger partial charge in [0.1, 0.15) is 5.75 Å². The highest BCUT2D eigenvalue weighted by molar-refractivity contribution is 5.80. The van der Waals surface area contributed by atoms with Gasteiger partial charge >= 0.3 is 5.97 Å². The van der Waals surface area contributed by atoms with Crippen LogP contribution in [0.3, 0.4) is 0 Å². The van der Waals surface area contributed by atoms with Gasteiger partial charge in [0, 0.05) is 25.7 Å².